The Morgan fingerprint density at radius 1 is 1.10 bits per heavy atom. The molecule has 0 unspecified atom stereocenters. The molecule has 31 heavy (non-hydrogen) atoms. The summed E-state index contributed by atoms with van der Waals surface area (Å²) in [5.74, 6) is 1.71. The van der Waals surface area contributed by atoms with Crippen LogP contribution in [0.3, 0.4) is 0 Å². The Bertz CT molecular complexity index is 764. The molecule has 0 spiro atoms. The number of benzene rings is 1. The number of hydrogen-bond donors (Lipinski definition) is 2. The molecule has 6 nitrogen and oxygen atoms in total. The number of carbonyl (C=O) groups excluding carboxylic acids is 1. The number of amides is 1. The molecule has 2 aliphatic carbocycles. The van der Waals surface area contributed by atoms with Crippen LogP contribution in [0.5, 0.6) is 11.5 Å². The highest BCUT2D eigenvalue weighted by Gasteiger charge is 2.49. The quantitative estimate of drug-likeness (QED) is 0.718. The van der Waals surface area contributed by atoms with E-state index >= 15 is 0 Å². The fourth-order valence-corrected chi connectivity index (χ4v) is 6.10. The van der Waals surface area contributed by atoms with Crippen LogP contribution in [0.25, 0.3) is 0 Å². The van der Waals surface area contributed by atoms with Gasteiger partial charge in [0, 0.05) is 36.2 Å². The van der Waals surface area contributed by atoms with E-state index in [9.17, 15) is 9.90 Å². The number of ether oxygens (including phenoxy) is 2. The number of nitrogens with zero attached hydrogens (tertiary/aromatic N) is 1. The third-order valence-electron chi connectivity index (χ3n) is 7.75. The summed E-state index contributed by atoms with van der Waals surface area (Å²) >= 11 is 0. The smallest absolute Gasteiger partial charge is 0.234 e. The number of aliphatic hydroxyl groups is 1. The molecule has 3 atom stereocenters. The summed E-state index contributed by atoms with van der Waals surface area (Å²) in [7, 11) is 3.32. The Morgan fingerprint density at radius 2 is 1.87 bits per heavy atom. The molecule has 1 saturated heterocycles. The number of hydrogen-bond acceptors (Lipinski definition) is 5. The van der Waals surface area contributed by atoms with Gasteiger partial charge in [-0.1, -0.05) is 38.2 Å². The number of likely N-dealkylation sites (tertiary alicyclic amines) is 1. The molecular formula is C25H38N2O4. The Labute approximate surface area is 186 Å². The zero-order valence-electron chi connectivity index (χ0n) is 19.1. The number of nitrogens with one attached hydrogen (secondary N) is 1. The van der Waals surface area contributed by atoms with E-state index in [0.29, 0.717) is 19.1 Å². The Hall–Kier alpha value is -1.79. The SMILES string of the molecule is COc1ccc([C@@H]2[C@H]3CCCC[C@]3(O)CCN2CC(=O)NC2CCCCC2)c(OC)c1. The summed E-state index contributed by atoms with van der Waals surface area (Å²) in [4.78, 5) is 15.3. The molecule has 3 aliphatic rings. The van der Waals surface area contributed by atoms with Crippen LogP contribution in [-0.4, -0.2) is 54.9 Å². The summed E-state index contributed by atoms with van der Waals surface area (Å²) in [6.45, 7) is 1.08. The predicted molar refractivity (Wildman–Crippen MR) is 120 cm³/mol. The molecule has 0 aromatic heterocycles. The van der Waals surface area contributed by atoms with Crippen molar-refractivity contribution in [3.05, 3.63) is 23.8 Å². The van der Waals surface area contributed by atoms with Crippen LogP contribution in [-0.2, 0) is 4.79 Å². The van der Waals surface area contributed by atoms with Crippen LogP contribution in [0.15, 0.2) is 18.2 Å². The fourth-order valence-electron chi connectivity index (χ4n) is 6.10. The fraction of sp³-hybridized carbons (Fsp3) is 0.720. The van der Waals surface area contributed by atoms with Crippen LogP contribution in [0, 0.1) is 5.92 Å². The van der Waals surface area contributed by atoms with Gasteiger partial charge in [-0.05, 0) is 38.2 Å². The van der Waals surface area contributed by atoms with Gasteiger partial charge in [0.25, 0.3) is 0 Å². The topological polar surface area (TPSA) is 71.0 Å². The van der Waals surface area contributed by atoms with Crippen molar-refractivity contribution in [2.75, 3.05) is 27.3 Å². The lowest BCUT2D eigenvalue weighted by atomic mass is 9.66. The molecule has 2 saturated carbocycles. The summed E-state index contributed by atoms with van der Waals surface area (Å²) in [6, 6.07) is 6.18. The maximum absolute atomic E-state index is 13.0. The van der Waals surface area contributed by atoms with Crippen molar-refractivity contribution in [3.63, 3.8) is 0 Å². The normalized spacial score (nSPS) is 29.8. The summed E-state index contributed by atoms with van der Waals surface area (Å²) < 4.78 is 11.1. The van der Waals surface area contributed by atoms with E-state index in [0.717, 1.165) is 62.0 Å². The summed E-state index contributed by atoms with van der Waals surface area (Å²) in [5, 5.41) is 14.8. The van der Waals surface area contributed by atoms with Gasteiger partial charge in [0.1, 0.15) is 11.5 Å². The van der Waals surface area contributed by atoms with E-state index in [1.54, 1.807) is 14.2 Å². The van der Waals surface area contributed by atoms with Gasteiger partial charge in [-0.3, -0.25) is 9.69 Å². The lowest BCUT2D eigenvalue weighted by Crippen LogP contribution is -2.56. The van der Waals surface area contributed by atoms with Gasteiger partial charge in [0.05, 0.1) is 26.4 Å². The van der Waals surface area contributed by atoms with E-state index in [2.05, 4.69) is 16.3 Å². The molecule has 0 bridgehead atoms. The molecule has 1 aromatic rings. The number of rotatable bonds is 6. The third kappa shape index (κ3) is 4.85. The maximum atomic E-state index is 13.0. The highest BCUT2D eigenvalue weighted by molar-refractivity contribution is 5.78. The highest BCUT2D eigenvalue weighted by Crippen LogP contribution is 2.51. The van der Waals surface area contributed by atoms with Crippen molar-refractivity contribution < 1.29 is 19.4 Å². The minimum Gasteiger partial charge on any atom is -0.497 e. The second-order valence-corrected chi connectivity index (χ2v) is 9.63. The molecule has 0 radical (unpaired) electrons. The van der Waals surface area contributed by atoms with Crippen molar-refractivity contribution in [2.24, 2.45) is 5.92 Å². The monoisotopic (exact) mass is 430 g/mol. The average molecular weight is 431 g/mol. The van der Waals surface area contributed by atoms with Gasteiger partial charge in [-0.2, -0.15) is 0 Å². The standard InChI is InChI=1S/C25H38N2O4/c1-30-19-11-12-20(22(16-19)31-2)24-21-10-6-7-13-25(21,29)14-15-27(24)17-23(28)26-18-8-4-3-5-9-18/h11-12,16,18,21,24,29H,3-10,13-15,17H2,1-2H3,(H,26,28)/t21-,24-,25+/m1/s1. The van der Waals surface area contributed by atoms with Crippen LogP contribution in [0.1, 0.15) is 75.8 Å². The molecule has 1 heterocycles. The number of fused-ring (bicyclic) bond motifs is 1. The van der Waals surface area contributed by atoms with Crippen LogP contribution >= 0.6 is 0 Å². The molecule has 2 N–H and O–H groups in total. The number of piperidine rings is 1. The zero-order valence-corrected chi connectivity index (χ0v) is 19.1. The Kier molecular flexibility index (Phi) is 7.07. The maximum Gasteiger partial charge on any atom is 0.234 e. The Morgan fingerprint density at radius 3 is 2.61 bits per heavy atom. The van der Waals surface area contributed by atoms with Crippen molar-refractivity contribution in [2.45, 2.75) is 81.9 Å². The van der Waals surface area contributed by atoms with Gasteiger partial charge in [0.15, 0.2) is 0 Å². The van der Waals surface area contributed by atoms with Crippen molar-refractivity contribution in [1.82, 2.24) is 10.2 Å². The van der Waals surface area contributed by atoms with E-state index in [1.807, 2.05) is 12.1 Å². The molecule has 6 heteroatoms. The van der Waals surface area contributed by atoms with E-state index in [1.165, 1.54) is 19.3 Å². The van der Waals surface area contributed by atoms with E-state index in [-0.39, 0.29) is 17.9 Å². The van der Waals surface area contributed by atoms with Crippen molar-refractivity contribution >= 4 is 5.91 Å². The molecule has 172 valence electrons. The minimum atomic E-state index is -0.662. The van der Waals surface area contributed by atoms with Gasteiger partial charge < -0.3 is 19.9 Å². The highest BCUT2D eigenvalue weighted by atomic mass is 16.5. The van der Waals surface area contributed by atoms with Gasteiger partial charge in [-0.25, -0.2) is 0 Å². The lowest BCUT2D eigenvalue weighted by molar-refractivity contribution is -0.138. The van der Waals surface area contributed by atoms with Crippen LogP contribution < -0.4 is 14.8 Å². The first-order chi connectivity index (χ1) is 15.0. The first-order valence-corrected chi connectivity index (χ1v) is 12.0. The second-order valence-electron chi connectivity index (χ2n) is 9.63. The molecule has 3 fully saturated rings. The zero-order chi connectivity index (χ0) is 21.8. The molecular weight excluding hydrogens is 392 g/mol. The van der Waals surface area contributed by atoms with E-state index < -0.39 is 5.60 Å². The average Bonchev–Trinajstić information content (AvgIpc) is 2.79. The molecule has 1 aromatic carbocycles. The van der Waals surface area contributed by atoms with Crippen molar-refractivity contribution in [3.8, 4) is 11.5 Å². The van der Waals surface area contributed by atoms with Gasteiger partial charge >= 0.3 is 0 Å². The number of carbonyl (C=O) groups is 1. The minimum absolute atomic E-state index is 0.0444. The largest absolute Gasteiger partial charge is 0.497 e. The van der Waals surface area contributed by atoms with Gasteiger partial charge in [0.2, 0.25) is 5.91 Å². The molecule has 1 amide bonds. The first kappa shape index (κ1) is 22.4. The third-order valence-corrected chi connectivity index (χ3v) is 7.75. The number of methoxy groups -OCH3 is 2. The molecule has 1 aliphatic heterocycles. The van der Waals surface area contributed by atoms with Crippen LogP contribution in [0.2, 0.25) is 0 Å². The Balaban J connectivity index is 1.60. The van der Waals surface area contributed by atoms with E-state index in [4.69, 9.17) is 9.47 Å². The summed E-state index contributed by atoms with van der Waals surface area (Å²) in [5.41, 5.74) is 0.378. The summed E-state index contributed by atoms with van der Waals surface area (Å²) in [6.07, 6.45) is 10.6. The second kappa shape index (κ2) is 9.78. The first-order valence-electron chi connectivity index (χ1n) is 12.0. The van der Waals surface area contributed by atoms with Crippen LogP contribution in [0.4, 0.5) is 0 Å². The molecule has 4 rings (SSSR count). The predicted octanol–water partition coefficient (Wildman–Crippen LogP) is 3.82. The van der Waals surface area contributed by atoms with Crippen molar-refractivity contribution in [1.29, 1.82) is 0 Å². The van der Waals surface area contributed by atoms with Gasteiger partial charge in [-0.15, -0.1) is 0 Å². The lowest BCUT2D eigenvalue weighted by Gasteiger charge is -2.52.